The molecule has 0 radical (unpaired) electrons. The van der Waals surface area contributed by atoms with Crippen molar-refractivity contribution in [1.82, 2.24) is 0 Å². The summed E-state index contributed by atoms with van der Waals surface area (Å²) < 4.78 is 5.64. The van der Waals surface area contributed by atoms with E-state index in [2.05, 4.69) is 33.9 Å². The maximum atomic E-state index is 12.3. The Bertz CT molecular complexity index is 324. The number of carbonyl (C=O) groups is 1. The van der Waals surface area contributed by atoms with Crippen molar-refractivity contribution in [3.05, 3.63) is 0 Å². The molecule has 3 heteroatoms. The van der Waals surface area contributed by atoms with Crippen molar-refractivity contribution in [2.24, 2.45) is 29.6 Å². The standard InChI is InChI=1S/C15H28O2Si/c1-6-18(4,5)9-17-15(16)14-8-12-7-13(14)11(3)10(12)2/h10-14H,6-9H2,1-5H3. The summed E-state index contributed by atoms with van der Waals surface area (Å²) in [6, 6.07) is 1.18. The second kappa shape index (κ2) is 4.99. The summed E-state index contributed by atoms with van der Waals surface area (Å²) in [7, 11) is -1.29. The lowest BCUT2D eigenvalue weighted by atomic mass is 9.76. The van der Waals surface area contributed by atoms with Gasteiger partial charge in [0.15, 0.2) is 0 Å². The smallest absolute Gasteiger partial charge is 0.308 e. The van der Waals surface area contributed by atoms with E-state index in [9.17, 15) is 4.79 Å². The number of hydrogen-bond acceptors (Lipinski definition) is 2. The predicted octanol–water partition coefficient (Wildman–Crippen LogP) is 3.73. The second-order valence-electron chi connectivity index (χ2n) is 7.35. The summed E-state index contributed by atoms with van der Waals surface area (Å²) in [5, 5.41) is 0. The third-order valence-corrected chi connectivity index (χ3v) is 8.60. The number of carbonyl (C=O) groups excluding carboxylic acids is 1. The molecule has 0 amide bonds. The minimum atomic E-state index is -1.29. The van der Waals surface area contributed by atoms with Crippen molar-refractivity contribution in [2.45, 2.75) is 52.8 Å². The molecular formula is C15H28O2Si. The van der Waals surface area contributed by atoms with Crippen LogP contribution in [0.1, 0.15) is 33.6 Å². The molecule has 2 aliphatic carbocycles. The zero-order valence-corrected chi connectivity index (χ0v) is 13.5. The van der Waals surface area contributed by atoms with E-state index in [0.29, 0.717) is 18.1 Å². The zero-order valence-electron chi connectivity index (χ0n) is 12.5. The van der Waals surface area contributed by atoms with Crippen LogP contribution in [0.4, 0.5) is 0 Å². The Labute approximate surface area is 112 Å². The Morgan fingerprint density at radius 2 is 1.89 bits per heavy atom. The second-order valence-corrected chi connectivity index (χ2v) is 12.7. The predicted molar refractivity (Wildman–Crippen MR) is 77.0 cm³/mol. The van der Waals surface area contributed by atoms with E-state index in [0.717, 1.165) is 18.3 Å². The first-order valence-corrected chi connectivity index (χ1v) is 10.9. The van der Waals surface area contributed by atoms with Gasteiger partial charge in [-0.2, -0.15) is 0 Å². The van der Waals surface area contributed by atoms with Crippen LogP contribution in [0, 0.1) is 29.6 Å². The lowest BCUT2D eigenvalue weighted by Gasteiger charge is -2.31. The Kier molecular flexibility index (Phi) is 3.91. The molecule has 2 nitrogen and oxygen atoms in total. The number of hydrogen-bond donors (Lipinski definition) is 0. The molecule has 18 heavy (non-hydrogen) atoms. The molecule has 5 atom stereocenters. The van der Waals surface area contributed by atoms with Gasteiger partial charge < -0.3 is 4.74 Å². The Hall–Kier alpha value is -0.313. The highest BCUT2D eigenvalue weighted by Gasteiger charge is 2.51. The molecule has 0 N–H and O–H groups in total. The van der Waals surface area contributed by atoms with E-state index in [1.54, 1.807) is 0 Å². The van der Waals surface area contributed by atoms with E-state index in [4.69, 9.17) is 4.74 Å². The van der Waals surface area contributed by atoms with Crippen molar-refractivity contribution in [1.29, 1.82) is 0 Å². The van der Waals surface area contributed by atoms with Crippen molar-refractivity contribution < 1.29 is 9.53 Å². The van der Waals surface area contributed by atoms with E-state index < -0.39 is 8.07 Å². The summed E-state index contributed by atoms with van der Waals surface area (Å²) >= 11 is 0. The third-order valence-electron chi connectivity index (χ3n) is 5.76. The summed E-state index contributed by atoms with van der Waals surface area (Å²) in [6.45, 7) is 11.5. The zero-order chi connectivity index (χ0) is 13.5. The molecule has 0 saturated heterocycles. The first kappa shape index (κ1) is 14.1. The van der Waals surface area contributed by atoms with Gasteiger partial charge in [-0.05, 0) is 36.5 Å². The molecule has 0 aromatic heterocycles. The van der Waals surface area contributed by atoms with Gasteiger partial charge in [0.1, 0.15) is 0 Å². The quantitative estimate of drug-likeness (QED) is 0.574. The van der Waals surface area contributed by atoms with Gasteiger partial charge in [0.05, 0.1) is 20.2 Å². The molecule has 2 aliphatic rings. The van der Waals surface area contributed by atoms with Crippen LogP contribution in [0.3, 0.4) is 0 Å². The normalized spacial score (nSPS) is 39.1. The topological polar surface area (TPSA) is 26.3 Å². The molecule has 0 aromatic carbocycles. The fourth-order valence-corrected chi connectivity index (χ4v) is 4.42. The maximum absolute atomic E-state index is 12.3. The molecule has 2 rings (SSSR count). The Morgan fingerprint density at radius 1 is 1.22 bits per heavy atom. The lowest BCUT2D eigenvalue weighted by molar-refractivity contribution is -0.149. The largest absolute Gasteiger partial charge is 0.469 e. The minimum absolute atomic E-state index is 0.107. The summed E-state index contributed by atoms with van der Waals surface area (Å²) in [4.78, 5) is 12.3. The summed E-state index contributed by atoms with van der Waals surface area (Å²) in [5.74, 6) is 3.21. The number of ether oxygens (including phenoxy) is 1. The van der Waals surface area contributed by atoms with Crippen LogP contribution in [0.5, 0.6) is 0 Å². The molecule has 104 valence electrons. The van der Waals surface area contributed by atoms with E-state index in [-0.39, 0.29) is 11.9 Å². The van der Waals surface area contributed by atoms with Crippen molar-refractivity contribution in [2.75, 3.05) is 6.23 Å². The van der Waals surface area contributed by atoms with Crippen LogP contribution in [-0.4, -0.2) is 20.3 Å². The van der Waals surface area contributed by atoms with Crippen molar-refractivity contribution in [3.8, 4) is 0 Å². The number of fused-ring (bicyclic) bond motifs is 2. The highest BCUT2D eigenvalue weighted by Crippen LogP contribution is 2.55. The Balaban J connectivity index is 1.89. The molecule has 0 aromatic rings. The Morgan fingerprint density at radius 3 is 2.39 bits per heavy atom. The van der Waals surface area contributed by atoms with Crippen LogP contribution in [-0.2, 0) is 9.53 Å². The number of esters is 1. The summed E-state index contributed by atoms with van der Waals surface area (Å²) in [5.41, 5.74) is 0. The molecule has 5 unspecified atom stereocenters. The van der Waals surface area contributed by atoms with E-state index >= 15 is 0 Å². The maximum Gasteiger partial charge on any atom is 0.308 e. The van der Waals surface area contributed by atoms with Gasteiger partial charge in [0.2, 0.25) is 0 Å². The van der Waals surface area contributed by atoms with Gasteiger partial charge >= 0.3 is 5.97 Å². The van der Waals surface area contributed by atoms with Crippen LogP contribution < -0.4 is 0 Å². The minimum Gasteiger partial charge on any atom is -0.469 e. The van der Waals surface area contributed by atoms with Gasteiger partial charge in [-0.25, -0.2) is 0 Å². The third kappa shape index (κ3) is 2.51. The average Bonchev–Trinajstić information content (AvgIpc) is 2.88. The molecular weight excluding hydrogens is 240 g/mol. The van der Waals surface area contributed by atoms with Crippen molar-refractivity contribution >= 4 is 14.0 Å². The van der Waals surface area contributed by atoms with Crippen LogP contribution in [0.2, 0.25) is 19.1 Å². The molecule has 2 fully saturated rings. The fourth-order valence-electron chi connectivity index (χ4n) is 3.69. The summed E-state index contributed by atoms with van der Waals surface area (Å²) in [6.07, 6.45) is 3.06. The molecule has 0 spiro atoms. The van der Waals surface area contributed by atoms with E-state index in [1.165, 1.54) is 12.5 Å². The SMILES string of the molecule is CC[Si](C)(C)COC(=O)C1CC2CC1C(C)C2C. The van der Waals surface area contributed by atoms with Gasteiger partial charge in [0.25, 0.3) is 0 Å². The fraction of sp³-hybridized carbons (Fsp3) is 0.933. The van der Waals surface area contributed by atoms with Crippen LogP contribution in [0.15, 0.2) is 0 Å². The molecule has 2 saturated carbocycles. The monoisotopic (exact) mass is 268 g/mol. The van der Waals surface area contributed by atoms with Crippen LogP contribution in [0.25, 0.3) is 0 Å². The van der Waals surface area contributed by atoms with Gasteiger partial charge in [0, 0.05) is 0 Å². The van der Waals surface area contributed by atoms with Crippen molar-refractivity contribution in [3.63, 3.8) is 0 Å². The number of rotatable bonds is 4. The highest BCUT2D eigenvalue weighted by atomic mass is 28.3. The highest BCUT2D eigenvalue weighted by molar-refractivity contribution is 6.77. The molecule has 0 aliphatic heterocycles. The van der Waals surface area contributed by atoms with Crippen LogP contribution >= 0.6 is 0 Å². The first-order valence-electron chi connectivity index (χ1n) is 7.52. The van der Waals surface area contributed by atoms with Gasteiger partial charge in [-0.1, -0.05) is 39.9 Å². The molecule has 2 bridgehead atoms. The van der Waals surface area contributed by atoms with E-state index in [1.807, 2.05) is 0 Å². The lowest BCUT2D eigenvalue weighted by Crippen LogP contribution is -2.37. The molecule has 0 heterocycles. The van der Waals surface area contributed by atoms with Gasteiger partial charge in [-0.3, -0.25) is 4.79 Å². The average molecular weight is 268 g/mol. The first-order chi connectivity index (χ1) is 8.35. The van der Waals surface area contributed by atoms with Gasteiger partial charge in [-0.15, -0.1) is 0 Å².